The number of fused-ring (bicyclic) bond motifs is 1. The first-order chi connectivity index (χ1) is 18.0. The number of carbonyl (C=O) groups is 2. The molecule has 1 aliphatic heterocycles. The second-order valence-corrected chi connectivity index (χ2v) is 9.78. The summed E-state index contributed by atoms with van der Waals surface area (Å²) < 4.78 is 45.3. The number of ether oxygens (including phenoxy) is 1. The van der Waals surface area contributed by atoms with Crippen LogP contribution in [0.25, 0.3) is 0 Å². The Balaban J connectivity index is 1.21. The lowest BCUT2D eigenvalue weighted by molar-refractivity contribution is -0.274. The fraction of sp³-hybridized carbons (Fsp3) is 0.458. The van der Waals surface area contributed by atoms with E-state index in [1.54, 1.807) is 35.8 Å². The molecule has 0 spiro atoms. The van der Waals surface area contributed by atoms with Crippen molar-refractivity contribution in [2.45, 2.75) is 12.9 Å². The van der Waals surface area contributed by atoms with Gasteiger partial charge in [-0.2, -0.15) is 0 Å². The molecule has 14 heteroatoms. The first kappa shape index (κ1) is 25.7. The minimum atomic E-state index is -4.80. The van der Waals surface area contributed by atoms with Gasteiger partial charge >= 0.3 is 6.36 Å². The van der Waals surface area contributed by atoms with Crippen LogP contribution >= 0.6 is 0 Å². The summed E-state index contributed by atoms with van der Waals surface area (Å²) in [5.41, 5.74) is 0.783. The predicted octanol–water partition coefficient (Wildman–Crippen LogP) is 1.91. The second-order valence-electron chi connectivity index (χ2n) is 9.78. The van der Waals surface area contributed by atoms with Crippen molar-refractivity contribution < 1.29 is 27.5 Å². The first-order valence-electron chi connectivity index (χ1n) is 12.0. The zero-order valence-corrected chi connectivity index (χ0v) is 20.8. The van der Waals surface area contributed by atoms with Crippen molar-refractivity contribution in [2.75, 3.05) is 31.5 Å². The number of aryl methyl sites for hydroxylation is 2. The Kier molecular flexibility index (Phi) is 6.82. The van der Waals surface area contributed by atoms with E-state index in [1.165, 1.54) is 35.5 Å². The second kappa shape index (κ2) is 10.1. The molecule has 2 fully saturated rings. The van der Waals surface area contributed by atoms with Gasteiger partial charge in [-0.15, -0.1) is 18.3 Å². The molecule has 2 atom stereocenters. The topological polar surface area (TPSA) is 110 Å². The van der Waals surface area contributed by atoms with Crippen molar-refractivity contribution >= 4 is 17.8 Å². The van der Waals surface area contributed by atoms with Gasteiger partial charge in [0, 0.05) is 46.5 Å². The zero-order valence-electron chi connectivity index (χ0n) is 20.8. The van der Waals surface area contributed by atoms with E-state index in [0.29, 0.717) is 23.9 Å². The lowest BCUT2D eigenvalue weighted by Gasteiger charge is -2.25. The van der Waals surface area contributed by atoms with Crippen molar-refractivity contribution in [1.29, 1.82) is 0 Å². The molecule has 0 radical (unpaired) electrons. The molecule has 2 amide bonds. The maximum atomic E-state index is 13.3. The summed E-state index contributed by atoms with van der Waals surface area (Å²) in [5, 5.41) is 6.72. The van der Waals surface area contributed by atoms with Gasteiger partial charge in [-0.05, 0) is 35.4 Å². The summed E-state index contributed by atoms with van der Waals surface area (Å²) in [6.07, 6.45) is -0.158. The number of nitrogens with one attached hydrogen (secondary N) is 1. The fourth-order valence-corrected chi connectivity index (χ4v) is 5.12. The Morgan fingerprint density at radius 3 is 2.55 bits per heavy atom. The summed E-state index contributed by atoms with van der Waals surface area (Å²) in [6.45, 7) is 2.22. The fourth-order valence-electron chi connectivity index (χ4n) is 5.12. The van der Waals surface area contributed by atoms with Crippen molar-refractivity contribution in [2.24, 2.45) is 31.8 Å². The van der Waals surface area contributed by atoms with Crippen LogP contribution in [0.5, 0.6) is 5.75 Å². The van der Waals surface area contributed by atoms with Crippen LogP contribution in [0.3, 0.4) is 0 Å². The largest absolute Gasteiger partial charge is 0.573 e. The predicted molar refractivity (Wildman–Crippen MR) is 128 cm³/mol. The molecule has 38 heavy (non-hydrogen) atoms. The van der Waals surface area contributed by atoms with Crippen molar-refractivity contribution in [3.8, 4) is 5.75 Å². The van der Waals surface area contributed by atoms with Gasteiger partial charge in [0.25, 0.3) is 5.91 Å². The molecule has 2 aromatic heterocycles. The highest BCUT2D eigenvalue weighted by molar-refractivity contribution is 5.92. The minimum absolute atomic E-state index is 0.115. The van der Waals surface area contributed by atoms with Gasteiger partial charge in [0.1, 0.15) is 17.8 Å². The highest BCUT2D eigenvalue weighted by Crippen LogP contribution is 2.52. The quantitative estimate of drug-likeness (QED) is 0.448. The number of piperidine rings is 1. The van der Waals surface area contributed by atoms with Crippen LogP contribution in [0.15, 0.2) is 43.1 Å². The molecule has 202 valence electrons. The number of carbonyl (C=O) groups excluding carboxylic acids is 2. The minimum Gasteiger partial charge on any atom is -0.406 e. The monoisotopic (exact) mass is 532 g/mol. The molecular weight excluding hydrogens is 505 g/mol. The standard InChI is InChI=1S/C24H27F3N8O3/c1-32-11-20(28-13-32)22(37)35(7-15-4-3-5-16(6-15)38-24(25,26)27)10-19-17-8-34(9-18(17)19)12-21(36)30-23-29-14-33(2)31-23/h3-6,11,13-14,17-19H,7-10,12H2,1-2H3,(H,30,31,36). The summed E-state index contributed by atoms with van der Waals surface area (Å²) in [7, 11) is 3.47. The Labute approximate surface area is 216 Å². The van der Waals surface area contributed by atoms with Crippen LogP contribution in [0.1, 0.15) is 16.1 Å². The molecule has 2 aliphatic rings. The number of aromatic nitrogens is 5. The van der Waals surface area contributed by atoms with Gasteiger partial charge in [0.15, 0.2) is 0 Å². The first-order valence-corrected chi connectivity index (χ1v) is 12.0. The average molecular weight is 533 g/mol. The van der Waals surface area contributed by atoms with E-state index in [-0.39, 0.29) is 48.2 Å². The number of amides is 2. The normalized spacial score (nSPS) is 20.7. The van der Waals surface area contributed by atoms with Gasteiger partial charge in [0.05, 0.1) is 12.9 Å². The SMILES string of the molecule is Cn1cnc(C(=O)N(Cc2cccc(OC(F)(F)F)c2)CC2C3CN(CC(=O)Nc4ncn(C)n4)CC32)c1. The molecule has 2 unspecified atom stereocenters. The van der Waals surface area contributed by atoms with Crippen LogP contribution in [0.4, 0.5) is 19.1 Å². The van der Waals surface area contributed by atoms with Crippen molar-refractivity contribution in [3.05, 3.63) is 54.4 Å². The summed E-state index contributed by atoms with van der Waals surface area (Å²) in [4.78, 5) is 37.5. The highest BCUT2D eigenvalue weighted by atomic mass is 19.4. The van der Waals surface area contributed by atoms with Gasteiger partial charge in [-0.3, -0.25) is 24.5 Å². The molecule has 11 nitrogen and oxygen atoms in total. The number of imidazole rings is 1. The van der Waals surface area contributed by atoms with Gasteiger partial charge in [0.2, 0.25) is 11.9 Å². The van der Waals surface area contributed by atoms with E-state index < -0.39 is 6.36 Å². The molecule has 1 aromatic carbocycles. The zero-order chi connectivity index (χ0) is 27.0. The maximum Gasteiger partial charge on any atom is 0.573 e. The van der Waals surface area contributed by atoms with E-state index in [1.807, 2.05) is 0 Å². The highest BCUT2D eigenvalue weighted by Gasteiger charge is 2.56. The van der Waals surface area contributed by atoms with E-state index in [2.05, 4.69) is 30.0 Å². The molecule has 1 N–H and O–H groups in total. The number of hydrogen-bond acceptors (Lipinski definition) is 7. The molecule has 5 rings (SSSR count). The van der Waals surface area contributed by atoms with Gasteiger partial charge in [-0.1, -0.05) is 12.1 Å². The molecule has 3 aromatic rings. The summed E-state index contributed by atoms with van der Waals surface area (Å²) in [5.74, 6) is 0.323. The molecule has 0 bridgehead atoms. The Morgan fingerprint density at radius 2 is 1.92 bits per heavy atom. The van der Waals surface area contributed by atoms with Crippen LogP contribution in [-0.2, 0) is 25.4 Å². The van der Waals surface area contributed by atoms with Gasteiger partial charge < -0.3 is 14.2 Å². The third-order valence-electron chi connectivity index (χ3n) is 6.81. The molecule has 1 saturated carbocycles. The molecule has 1 aliphatic carbocycles. The van der Waals surface area contributed by atoms with E-state index >= 15 is 0 Å². The number of alkyl halides is 3. The number of rotatable bonds is 9. The molecule has 1 saturated heterocycles. The Hall–Kier alpha value is -3.94. The van der Waals surface area contributed by atoms with E-state index in [9.17, 15) is 22.8 Å². The number of hydrogen-bond donors (Lipinski definition) is 1. The van der Waals surface area contributed by atoms with Crippen molar-refractivity contribution in [3.63, 3.8) is 0 Å². The number of likely N-dealkylation sites (tertiary alicyclic amines) is 1. The van der Waals surface area contributed by atoms with Crippen LogP contribution in [-0.4, -0.2) is 78.5 Å². The number of benzene rings is 1. The van der Waals surface area contributed by atoms with Crippen molar-refractivity contribution in [1.82, 2.24) is 34.1 Å². The third-order valence-corrected chi connectivity index (χ3v) is 6.81. The smallest absolute Gasteiger partial charge is 0.406 e. The molecular formula is C24H27F3N8O3. The van der Waals surface area contributed by atoms with Crippen LogP contribution in [0.2, 0.25) is 0 Å². The van der Waals surface area contributed by atoms with E-state index in [0.717, 1.165) is 13.1 Å². The number of anilines is 1. The number of halogens is 3. The Bertz CT molecular complexity index is 1310. The summed E-state index contributed by atoms with van der Waals surface area (Å²) in [6, 6.07) is 5.64. The Morgan fingerprint density at radius 1 is 1.16 bits per heavy atom. The lowest BCUT2D eigenvalue weighted by Crippen LogP contribution is -2.37. The number of nitrogens with zero attached hydrogens (tertiary/aromatic N) is 7. The van der Waals surface area contributed by atoms with E-state index in [4.69, 9.17) is 0 Å². The third kappa shape index (κ3) is 6.13. The van der Waals surface area contributed by atoms with Crippen LogP contribution in [0, 0.1) is 17.8 Å². The lowest BCUT2D eigenvalue weighted by atomic mass is 10.1. The maximum absolute atomic E-state index is 13.3. The average Bonchev–Trinajstić information content (AvgIpc) is 3.26. The molecule has 3 heterocycles. The van der Waals surface area contributed by atoms with Crippen LogP contribution < -0.4 is 10.1 Å². The van der Waals surface area contributed by atoms with Gasteiger partial charge in [-0.25, -0.2) is 9.97 Å². The summed E-state index contributed by atoms with van der Waals surface area (Å²) >= 11 is 0.